The highest BCUT2D eigenvalue weighted by Crippen LogP contribution is 2.20. The second-order valence-electron chi connectivity index (χ2n) is 1.37. The number of hydrogen-bond donors (Lipinski definition) is 0. The minimum Gasteiger partial charge on any atom is -0.465 e. The predicted octanol–water partition coefficient (Wildman–Crippen LogP) is 2.30. The maximum absolute atomic E-state index is 11.3. The van der Waals surface area contributed by atoms with Crippen LogP contribution in [-0.4, -0.2) is 13.0 Å². The zero-order valence-electron chi connectivity index (χ0n) is 9.60. The van der Waals surface area contributed by atoms with Gasteiger partial charge in [0, 0.05) is 5.36 Å². The fourth-order valence-corrected chi connectivity index (χ4v) is 1.31. The Morgan fingerprint density at radius 2 is 2.90 bits per heavy atom. The summed E-state index contributed by atoms with van der Waals surface area (Å²) in [6.07, 6.45) is 0. The third-order valence-electron chi connectivity index (χ3n) is 0.763. The molecule has 0 unspecified atom stereocenters. The topological polar surface area (TPSA) is 26.3 Å². The highest BCUT2D eigenvalue weighted by Gasteiger charge is 2.05. The molecule has 0 spiro atoms. The van der Waals surface area contributed by atoms with Crippen LogP contribution in [0.5, 0.6) is 0 Å². The zero-order chi connectivity index (χ0) is 11.8. The highest BCUT2D eigenvalue weighted by atomic mass is 79.9. The summed E-state index contributed by atoms with van der Waals surface area (Å²) in [4.78, 5) is 11.3. The van der Waals surface area contributed by atoms with Crippen LogP contribution < -0.4 is 0 Å². The fourth-order valence-electron chi connectivity index (χ4n) is 0.389. The minimum atomic E-state index is -2.86. The van der Waals surface area contributed by atoms with Gasteiger partial charge in [0.15, 0.2) is 0 Å². The molecule has 4 heteroatoms. The van der Waals surface area contributed by atoms with Crippen molar-refractivity contribution in [3.63, 3.8) is 0 Å². The number of rotatable bonds is 1. The third kappa shape index (κ3) is 1.58. The van der Waals surface area contributed by atoms with Crippen molar-refractivity contribution in [3.8, 4) is 0 Å². The quantitative estimate of drug-likeness (QED) is 0.687. The summed E-state index contributed by atoms with van der Waals surface area (Å²) >= 11 is 3.84. The molecule has 0 radical (unpaired) electrons. The van der Waals surface area contributed by atoms with Crippen molar-refractivity contribution >= 4 is 33.2 Å². The van der Waals surface area contributed by atoms with Gasteiger partial charge in [-0.3, -0.25) is 0 Å². The lowest BCUT2D eigenvalue weighted by atomic mass is 10.4. The molecule has 0 saturated carbocycles. The summed E-state index contributed by atoms with van der Waals surface area (Å²) in [6, 6.07) is -0.223. The Bertz CT molecular complexity index is 399. The van der Waals surface area contributed by atoms with Gasteiger partial charge in [-0.05, 0) is 22.0 Å². The maximum Gasteiger partial charge on any atom is 0.338 e. The Hall–Kier alpha value is -0.350. The van der Waals surface area contributed by atoms with Gasteiger partial charge in [0.25, 0.3) is 0 Å². The van der Waals surface area contributed by atoms with Crippen LogP contribution in [0.3, 0.4) is 0 Å². The standard InChI is InChI=1S/C6H5BrO2S/c1-9-6(8)4-2-5(7)10-3-4/h2-3H,1H3/i1D3,2D,3D. The molecular weight excluding hydrogens is 216 g/mol. The Labute approximate surface area is 78.0 Å². The summed E-state index contributed by atoms with van der Waals surface area (Å²) in [6.45, 7) is 0. The lowest BCUT2D eigenvalue weighted by Gasteiger charge is -1.90. The smallest absolute Gasteiger partial charge is 0.338 e. The van der Waals surface area contributed by atoms with Crippen LogP contribution >= 0.6 is 27.3 Å². The predicted molar refractivity (Wildman–Crippen MR) is 43.4 cm³/mol. The first-order chi connectivity index (χ1) is 6.72. The molecular formula is C6H5BrO2S. The van der Waals surface area contributed by atoms with Crippen molar-refractivity contribution in [2.24, 2.45) is 0 Å². The van der Waals surface area contributed by atoms with Crippen LogP contribution in [-0.2, 0) is 4.74 Å². The lowest BCUT2D eigenvalue weighted by Crippen LogP contribution is -1.97. The molecule has 0 amide bonds. The van der Waals surface area contributed by atoms with Crippen molar-refractivity contribution in [1.29, 1.82) is 0 Å². The van der Waals surface area contributed by atoms with Gasteiger partial charge in [-0.1, -0.05) is 0 Å². The molecule has 1 rings (SSSR count). The number of esters is 1. The Balaban J connectivity index is 3.02. The zero-order valence-corrected chi connectivity index (χ0v) is 7.01. The van der Waals surface area contributed by atoms with Crippen molar-refractivity contribution in [2.75, 3.05) is 7.04 Å². The van der Waals surface area contributed by atoms with Gasteiger partial charge >= 0.3 is 5.97 Å². The number of carbonyl (C=O) groups excluding carboxylic acids is 1. The number of thiophene rings is 1. The lowest BCUT2D eigenvalue weighted by molar-refractivity contribution is 0.0601. The third-order valence-corrected chi connectivity index (χ3v) is 2.03. The monoisotopic (exact) mass is 225 g/mol. The first-order valence-corrected chi connectivity index (χ1v) is 3.82. The van der Waals surface area contributed by atoms with Crippen molar-refractivity contribution in [2.45, 2.75) is 0 Å². The van der Waals surface area contributed by atoms with Gasteiger partial charge < -0.3 is 4.74 Å². The van der Waals surface area contributed by atoms with Gasteiger partial charge in [-0.2, -0.15) is 0 Å². The van der Waals surface area contributed by atoms with E-state index in [1.807, 2.05) is 0 Å². The molecule has 0 aliphatic heterocycles. The van der Waals surface area contributed by atoms with Crippen LogP contribution in [0.25, 0.3) is 0 Å². The average Bonchev–Trinajstić information content (AvgIpc) is 2.22. The molecule has 2 nitrogen and oxygen atoms in total. The van der Waals surface area contributed by atoms with E-state index >= 15 is 0 Å². The van der Waals surface area contributed by atoms with E-state index in [1.54, 1.807) is 0 Å². The molecule has 10 heavy (non-hydrogen) atoms. The van der Waals surface area contributed by atoms with Crippen molar-refractivity contribution in [1.82, 2.24) is 0 Å². The minimum absolute atomic E-state index is 0.193. The van der Waals surface area contributed by atoms with Gasteiger partial charge in [-0.25, -0.2) is 4.79 Å². The molecule has 0 saturated heterocycles. The number of halogens is 1. The molecule has 0 fully saturated rings. The summed E-state index contributed by atoms with van der Waals surface area (Å²) < 4.78 is 39.3. The van der Waals surface area contributed by atoms with Gasteiger partial charge in [-0.15, -0.1) is 11.3 Å². The fraction of sp³-hybridized carbons (Fsp3) is 0.167. The maximum atomic E-state index is 11.3. The van der Waals surface area contributed by atoms with Crippen molar-refractivity contribution in [3.05, 3.63) is 20.7 Å². The molecule has 0 aliphatic rings. The number of carbonyl (C=O) groups is 1. The van der Waals surface area contributed by atoms with E-state index < -0.39 is 13.0 Å². The summed E-state index contributed by atoms with van der Waals surface area (Å²) in [5, 5.41) is -0.193. The first kappa shape index (κ1) is 3.36. The molecule has 0 atom stereocenters. The molecule has 0 aliphatic carbocycles. The Morgan fingerprint density at radius 3 is 3.40 bits per heavy atom. The van der Waals surface area contributed by atoms with Crippen LogP contribution in [0, 0.1) is 0 Å². The second kappa shape index (κ2) is 3.16. The molecule has 54 valence electrons. The van der Waals surface area contributed by atoms with Crippen LogP contribution in [0.1, 0.15) is 17.2 Å². The summed E-state index contributed by atoms with van der Waals surface area (Å²) in [7, 11) is -2.86. The second-order valence-corrected chi connectivity index (χ2v) is 3.50. The number of hydrogen-bond acceptors (Lipinski definition) is 3. The summed E-state index contributed by atoms with van der Waals surface area (Å²) in [5.41, 5.74) is -0.331. The van der Waals surface area contributed by atoms with Crippen LogP contribution in [0.4, 0.5) is 0 Å². The highest BCUT2D eigenvalue weighted by molar-refractivity contribution is 9.11. The van der Waals surface area contributed by atoms with Crippen molar-refractivity contribution < 1.29 is 16.4 Å². The van der Waals surface area contributed by atoms with Gasteiger partial charge in [0.05, 0.1) is 23.2 Å². The largest absolute Gasteiger partial charge is 0.465 e. The normalized spacial score (nSPS) is 17.9. The SMILES string of the molecule is [2H]c1sc(Br)c([2H])c1C(=O)OC([2H])([2H])[2H]. The van der Waals surface area contributed by atoms with Crippen LogP contribution in [0.2, 0.25) is 0 Å². The van der Waals surface area contributed by atoms with E-state index in [9.17, 15) is 4.79 Å². The van der Waals surface area contributed by atoms with Crippen LogP contribution in [0.15, 0.2) is 15.2 Å². The molecule has 1 aromatic rings. The van der Waals surface area contributed by atoms with E-state index in [0.29, 0.717) is 3.79 Å². The summed E-state index contributed by atoms with van der Waals surface area (Å²) in [5.74, 6) is -1.17. The first-order valence-electron chi connectivity index (χ1n) is 4.71. The molecule has 1 aromatic heterocycles. The Kier molecular flexibility index (Phi) is 1.06. The van der Waals surface area contributed by atoms with E-state index in [0.717, 1.165) is 11.3 Å². The average molecular weight is 226 g/mol. The van der Waals surface area contributed by atoms with E-state index in [1.165, 1.54) is 0 Å². The van der Waals surface area contributed by atoms with Gasteiger partial charge in [0.2, 0.25) is 0 Å². The Morgan fingerprint density at radius 1 is 2.10 bits per heavy atom. The number of methoxy groups -OCH3 is 1. The number of ether oxygens (including phenoxy) is 1. The van der Waals surface area contributed by atoms with E-state index in [-0.39, 0.29) is 17.0 Å². The van der Waals surface area contributed by atoms with Gasteiger partial charge in [0.1, 0.15) is 0 Å². The van der Waals surface area contributed by atoms with E-state index in [4.69, 9.17) is 6.85 Å². The van der Waals surface area contributed by atoms with E-state index in [2.05, 4.69) is 20.7 Å². The molecule has 0 N–H and O–H groups in total. The molecule has 0 bridgehead atoms. The molecule has 0 aromatic carbocycles. The molecule has 1 heterocycles.